The van der Waals surface area contributed by atoms with Crippen LogP contribution in [0.25, 0.3) is 0 Å². The van der Waals surface area contributed by atoms with Crippen molar-refractivity contribution in [3.05, 3.63) is 28.2 Å². The van der Waals surface area contributed by atoms with Crippen LogP contribution >= 0.6 is 15.9 Å². The summed E-state index contributed by atoms with van der Waals surface area (Å²) in [4.78, 5) is 13.4. The van der Waals surface area contributed by atoms with Crippen LogP contribution in [0.3, 0.4) is 0 Å². The van der Waals surface area contributed by atoms with Crippen molar-refractivity contribution in [2.45, 2.75) is 13.8 Å². The summed E-state index contributed by atoms with van der Waals surface area (Å²) in [5, 5.41) is 0. The standard InChI is InChI=1S/C13H16BrNO/c1-9-6-15(7-10(9)2)13-4-3-12(14)5-11(13)8-16/h3-5,8-10H,6-7H2,1-2H3. The molecular formula is C13H16BrNO. The molecule has 1 aromatic rings. The molecule has 0 radical (unpaired) electrons. The van der Waals surface area contributed by atoms with E-state index in [1.165, 1.54) is 0 Å². The largest absolute Gasteiger partial charge is 0.370 e. The van der Waals surface area contributed by atoms with Gasteiger partial charge in [-0.1, -0.05) is 29.8 Å². The first-order valence-electron chi connectivity index (χ1n) is 5.61. The monoisotopic (exact) mass is 281 g/mol. The van der Waals surface area contributed by atoms with Gasteiger partial charge in [-0.25, -0.2) is 0 Å². The lowest BCUT2D eigenvalue weighted by Crippen LogP contribution is -2.20. The molecule has 0 bridgehead atoms. The highest BCUT2D eigenvalue weighted by Gasteiger charge is 2.27. The van der Waals surface area contributed by atoms with Crippen LogP contribution in [-0.2, 0) is 0 Å². The van der Waals surface area contributed by atoms with Crippen molar-refractivity contribution in [2.75, 3.05) is 18.0 Å². The minimum absolute atomic E-state index is 0.697. The van der Waals surface area contributed by atoms with Gasteiger partial charge < -0.3 is 4.90 Å². The third kappa shape index (κ3) is 2.14. The first kappa shape index (κ1) is 11.6. The summed E-state index contributed by atoms with van der Waals surface area (Å²) in [7, 11) is 0. The zero-order valence-electron chi connectivity index (χ0n) is 9.61. The zero-order chi connectivity index (χ0) is 11.7. The van der Waals surface area contributed by atoms with E-state index >= 15 is 0 Å². The molecule has 0 aromatic heterocycles. The Morgan fingerprint density at radius 2 is 1.94 bits per heavy atom. The molecule has 1 heterocycles. The van der Waals surface area contributed by atoms with Crippen LogP contribution in [0.1, 0.15) is 24.2 Å². The lowest BCUT2D eigenvalue weighted by Gasteiger charge is -2.20. The van der Waals surface area contributed by atoms with Gasteiger partial charge in [0, 0.05) is 28.8 Å². The Kier molecular flexibility index (Phi) is 3.33. The molecule has 1 fully saturated rings. The summed E-state index contributed by atoms with van der Waals surface area (Å²) in [6.45, 7) is 6.63. The second kappa shape index (κ2) is 4.58. The molecule has 2 atom stereocenters. The molecule has 0 N–H and O–H groups in total. The van der Waals surface area contributed by atoms with Gasteiger partial charge in [-0.05, 0) is 30.0 Å². The van der Waals surface area contributed by atoms with Crippen LogP contribution in [0.4, 0.5) is 5.69 Å². The number of halogens is 1. The van der Waals surface area contributed by atoms with E-state index in [9.17, 15) is 4.79 Å². The second-order valence-corrected chi connectivity index (χ2v) is 5.60. The molecule has 2 nitrogen and oxygen atoms in total. The van der Waals surface area contributed by atoms with Gasteiger partial charge in [-0.3, -0.25) is 4.79 Å². The van der Waals surface area contributed by atoms with Gasteiger partial charge in [0.15, 0.2) is 6.29 Å². The summed E-state index contributed by atoms with van der Waals surface area (Å²) >= 11 is 3.39. The Morgan fingerprint density at radius 1 is 1.31 bits per heavy atom. The van der Waals surface area contributed by atoms with Crippen LogP contribution in [0.2, 0.25) is 0 Å². The molecule has 1 saturated heterocycles. The molecule has 1 aromatic carbocycles. The second-order valence-electron chi connectivity index (χ2n) is 4.68. The van der Waals surface area contributed by atoms with E-state index in [-0.39, 0.29) is 0 Å². The summed E-state index contributed by atoms with van der Waals surface area (Å²) in [5.74, 6) is 1.39. The SMILES string of the molecule is CC1CN(c2ccc(Br)cc2C=O)CC1C. The van der Waals surface area contributed by atoms with Crippen LogP contribution < -0.4 is 4.90 Å². The number of anilines is 1. The average molecular weight is 282 g/mol. The normalized spacial score (nSPS) is 24.8. The van der Waals surface area contributed by atoms with E-state index < -0.39 is 0 Å². The molecule has 0 amide bonds. The van der Waals surface area contributed by atoms with Gasteiger partial charge in [0.05, 0.1) is 0 Å². The zero-order valence-corrected chi connectivity index (χ0v) is 11.2. The Labute approximate surface area is 105 Å². The van der Waals surface area contributed by atoms with Crippen molar-refractivity contribution in [1.82, 2.24) is 0 Å². The lowest BCUT2D eigenvalue weighted by molar-refractivity contribution is 0.112. The van der Waals surface area contributed by atoms with E-state index in [1.54, 1.807) is 0 Å². The fourth-order valence-electron chi connectivity index (χ4n) is 2.23. The molecule has 3 heteroatoms. The Hall–Kier alpha value is -0.830. The molecular weight excluding hydrogens is 266 g/mol. The van der Waals surface area contributed by atoms with Crippen LogP contribution in [0.5, 0.6) is 0 Å². The van der Waals surface area contributed by atoms with Gasteiger partial charge >= 0.3 is 0 Å². The Morgan fingerprint density at radius 3 is 2.50 bits per heavy atom. The highest BCUT2D eigenvalue weighted by atomic mass is 79.9. The van der Waals surface area contributed by atoms with Gasteiger partial charge in [0.1, 0.15) is 0 Å². The number of benzene rings is 1. The van der Waals surface area contributed by atoms with Gasteiger partial charge in [0.25, 0.3) is 0 Å². The average Bonchev–Trinajstić information content (AvgIpc) is 2.59. The van der Waals surface area contributed by atoms with E-state index in [2.05, 4.69) is 34.7 Å². The maximum absolute atomic E-state index is 11.1. The van der Waals surface area contributed by atoms with E-state index in [4.69, 9.17) is 0 Å². The Bertz CT molecular complexity index is 395. The van der Waals surface area contributed by atoms with Gasteiger partial charge in [-0.15, -0.1) is 0 Å². The molecule has 86 valence electrons. The van der Waals surface area contributed by atoms with Crippen LogP contribution in [0.15, 0.2) is 22.7 Å². The van der Waals surface area contributed by atoms with Crippen molar-refractivity contribution in [3.63, 3.8) is 0 Å². The van der Waals surface area contributed by atoms with E-state index in [1.807, 2.05) is 18.2 Å². The minimum atomic E-state index is 0.697. The third-order valence-electron chi connectivity index (χ3n) is 3.45. The highest BCUT2D eigenvalue weighted by molar-refractivity contribution is 9.10. The molecule has 0 spiro atoms. The molecule has 1 aliphatic heterocycles. The number of aldehydes is 1. The number of carbonyl (C=O) groups excluding carboxylic acids is 1. The fraction of sp³-hybridized carbons (Fsp3) is 0.462. The smallest absolute Gasteiger partial charge is 0.152 e. The third-order valence-corrected chi connectivity index (χ3v) is 3.94. The quantitative estimate of drug-likeness (QED) is 0.775. The number of hydrogen-bond donors (Lipinski definition) is 0. The molecule has 0 aliphatic carbocycles. The molecule has 2 unspecified atom stereocenters. The van der Waals surface area contributed by atoms with E-state index in [0.29, 0.717) is 11.8 Å². The van der Waals surface area contributed by atoms with Gasteiger partial charge in [0.2, 0.25) is 0 Å². The number of rotatable bonds is 2. The van der Waals surface area contributed by atoms with Crippen molar-refractivity contribution >= 4 is 27.9 Å². The lowest BCUT2D eigenvalue weighted by atomic mass is 10.0. The number of hydrogen-bond acceptors (Lipinski definition) is 2. The molecule has 0 saturated carbocycles. The summed E-state index contributed by atoms with van der Waals surface area (Å²) in [6, 6.07) is 5.91. The molecule has 2 rings (SSSR count). The predicted molar refractivity (Wildman–Crippen MR) is 70.1 cm³/mol. The maximum Gasteiger partial charge on any atom is 0.152 e. The van der Waals surface area contributed by atoms with Crippen molar-refractivity contribution < 1.29 is 4.79 Å². The fourth-order valence-corrected chi connectivity index (χ4v) is 2.61. The number of carbonyl (C=O) groups is 1. The van der Waals surface area contributed by atoms with Crippen LogP contribution in [-0.4, -0.2) is 19.4 Å². The van der Waals surface area contributed by atoms with Crippen molar-refractivity contribution in [2.24, 2.45) is 11.8 Å². The van der Waals surface area contributed by atoms with Gasteiger partial charge in [-0.2, -0.15) is 0 Å². The minimum Gasteiger partial charge on any atom is -0.370 e. The Balaban J connectivity index is 2.30. The first-order valence-corrected chi connectivity index (χ1v) is 6.40. The summed E-state index contributed by atoms with van der Waals surface area (Å²) < 4.78 is 0.957. The number of nitrogens with zero attached hydrogens (tertiary/aromatic N) is 1. The molecule has 1 aliphatic rings. The summed E-state index contributed by atoms with van der Waals surface area (Å²) in [6.07, 6.45) is 0.938. The molecule has 16 heavy (non-hydrogen) atoms. The van der Waals surface area contributed by atoms with Crippen molar-refractivity contribution in [1.29, 1.82) is 0 Å². The van der Waals surface area contributed by atoms with Crippen LogP contribution in [0, 0.1) is 11.8 Å². The maximum atomic E-state index is 11.1. The first-order chi connectivity index (χ1) is 7.61. The topological polar surface area (TPSA) is 20.3 Å². The highest BCUT2D eigenvalue weighted by Crippen LogP contribution is 2.30. The predicted octanol–water partition coefficient (Wildman–Crippen LogP) is 3.35. The van der Waals surface area contributed by atoms with E-state index in [0.717, 1.165) is 35.1 Å². The van der Waals surface area contributed by atoms with Crippen molar-refractivity contribution in [3.8, 4) is 0 Å². The summed E-state index contributed by atoms with van der Waals surface area (Å²) in [5.41, 5.74) is 1.84.